The highest BCUT2D eigenvalue weighted by Crippen LogP contribution is 2.03. The minimum absolute atomic E-state index is 0.0746. The molecule has 1 amide bonds. The van der Waals surface area contributed by atoms with Crippen molar-refractivity contribution < 1.29 is 4.79 Å². The minimum atomic E-state index is -0.0746. The van der Waals surface area contributed by atoms with Gasteiger partial charge >= 0.3 is 0 Å². The van der Waals surface area contributed by atoms with E-state index < -0.39 is 0 Å². The van der Waals surface area contributed by atoms with Crippen LogP contribution in [0.5, 0.6) is 0 Å². The first-order valence-corrected chi connectivity index (χ1v) is 5.26. The molecule has 5 nitrogen and oxygen atoms in total. The van der Waals surface area contributed by atoms with Gasteiger partial charge in [0.1, 0.15) is 0 Å². The summed E-state index contributed by atoms with van der Waals surface area (Å²) in [5.74, 6) is 0.405. The molecule has 0 radical (unpaired) electrons. The zero-order valence-electron chi connectivity index (χ0n) is 8.86. The van der Waals surface area contributed by atoms with Crippen LogP contribution in [0, 0.1) is 0 Å². The van der Waals surface area contributed by atoms with Gasteiger partial charge in [-0.25, -0.2) is 4.98 Å². The van der Waals surface area contributed by atoms with Crippen LogP contribution in [0.4, 0.5) is 0 Å². The van der Waals surface area contributed by atoms with Gasteiger partial charge < -0.3 is 15.2 Å². The number of rotatable bonds is 2. The van der Waals surface area contributed by atoms with Crippen molar-refractivity contribution in [3.05, 3.63) is 18.2 Å². The number of aromatic nitrogens is 2. The molecule has 1 aliphatic rings. The fraction of sp³-hybridized carbons (Fsp3) is 0.600. The molecule has 2 rings (SSSR count). The summed E-state index contributed by atoms with van der Waals surface area (Å²) in [7, 11) is 1.82. The number of piperidine rings is 1. The van der Waals surface area contributed by atoms with Crippen LogP contribution in [0.1, 0.15) is 23.5 Å². The van der Waals surface area contributed by atoms with E-state index in [4.69, 9.17) is 0 Å². The first-order chi connectivity index (χ1) is 7.27. The third-order valence-corrected chi connectivity index (χ3v) is 2.70. The van der Waals surface area contributed by atoms with Crippen molar-refractivity contribution in [2.75, 3.05) is 13.1 Å². The smallest absolute Gasteiger partial charge is 0.287 e. The quantitative estimate of drug-likeness (QED) is 0.713. The van der Waals surface area contributed by atoms with Crippen LogP contribution in [-0.2, 0) is 7.05 Å². The Hall–Kier alpha value is -1.36. The van der Waals surface area contributed by atoms with E-state index >= 15 is 0 Å². The van der Waals surface area contributed by atoms with Gasteiger partial charge in [-0.15, -0.1) is 0 Å². The molecule has 15 heavy (non-hydrogen) atoms. The number of imidazole rings is 1. The van der Waals surface area contributed by atoms with Crippen molar-refractivity contribution in [2.24, 2.45) is 7.05 Å². The highest BCUT2D eigenvalue weighted by atomic mass is 16.2. The Morgan fingerprint density at radius 1 is 1.60 bits per heavy atom. The maximum atomic E-state index is 11.8. The van der Waals surface area contributed by atoms with E-state index in [1.54, 1.807) is 17.0 Å². The summed E-state index contributed by atoms with van der Waals surface area (Å²) < 4.78 is 1.73. The lowest BCUT2D eigenvalue weighted by atomic mass is 10.1. The number of carbonyl (C=O) groups excluding carboxylic acids is 1. The molecule has 1 aromatic rings. The van der Waals surface area contributed by atoms with Crippen LogP contribution in [0.25, 0.3) is 0 Å². The second kappa shape index (κ2) is 4.44. The molecule has 5 heteroatoms. The summed E-state index contributed by atoms with van der Waals surface area (Å²) in [4.78, 5) is 15.8. The molecule has 2 N–H and O–H groups in total. The molecule has 0 saturated carbocycles. The largest absolute Gasteiger partial charge is 0.347 e. The molecule has 1 aromatic heterocycles. The third-order valence-electron chi connectivity index (χ3n) is 2.70. The number of nitrogens with one attached hydrogen (secondary N) is 2. The lowest BCUT2D eigenvalue weighted by Gasteiger charge is -2.23. The predicted molar refractivity (Wildman–Crippen MR) is 56.6 cm³/mol. The zero-order valence-corrected chi connectivity index (χ0v) is 8.86. The molecule has 0 atom stereocenters. The van der Waals surface area contributed by atoms with Crippen molar-refractivity contribution in [3.63, 3.8) is 0 Å². The molecule has 82 valence electrons. The number of amides is 1. The molecular weight excluding hydrogens is 192 g/mol. The van der Waals surface area contributed by atoms with E-state index in [1.807, 2.05) is 7.05 Å². The molecule has 0 spiro atoms. The summed E-state index contributed by atoms with van der Waals surface area (Å²) >= 11 is 0. The highest BCUT2D eigenvalue weighted by molar-refractivity contribution is 5.90. The number of nitrogens with zero attached hydrogens (tertiary/aromatic N) is 2. The molecular formula is C10H16N4O. The van der Waals surface area contributed by atoms with Crippen LogP contribution in [0.15, 0.2) is 12.4 Å². The second-order valence-electron chi connectivity index (χ2n) is 3.86. The van der Waals surface area contributed by atoms with Crippen molar-refractivity contribution in [1.82, 2.24) is 20.2 Å². The average Bonchev–Trinajstić information content (AvgIpc) is 2.66. The summed E-state index contributed by atoms with van der Waals surface area (Å²) in [5.41, 5.74) is 0. The summed E-state index contributed by atoms with van der Waals surface area (Å²) in [6.07, 6.45) is 5.40. The van der Waals surface area contributed by atoms with Crippen LogP contribution >= 0.6 is 0 Å². The van der Waals surface area contributed by atoms with Crippen LogP contribution in [-0.4, -0.2) is 34.6 Å². The zero-order chi connectivity index (χ0) is 10.7. The van der Waals surface area contributed by atoms with Gasteiger partial charge in [0.2, 0.25) is 0 Å². The highest BCUT2D eigenvalue weighted by Gasteiger charge is 2.18. The maximum absolute atomic E-state index is 11.8. The van der Waals surface area contributed by atoms with Gasteiger partial charge in [0.05, 0.1) is 0 Å². The van der Waals surface area contributed by atoms with Crippen LogP contribution in [0.2, 0.25) is 0 Å². The molecule has 1 saturated heterocycles. The Morgan fingerprint density at radius 2 is 2.33 bits per heavy atom. The van der Waals surface area contributed by atoms with Crippen LogP contribution in [0.3, 0.4) is 0 Å². The van der Waals surface area contributed by atoms with Gasteiger partial charge in [-0.1, -0.05) is 0 Å². The Kier molecular flexibility index (Phi) is 3.01. The van der Waals surface area contributed by atoms with E-state index in [0.717, 1.165) is 25.9 Å². The normalized spacial score (nSPS) is 17.7. The van der Waals surface area contributed by atoms with Gasteiger partial charge in [-0.05, 0) is 25.9 Å². The molecule has 0 unspecified atom stereocenters. The average molecular weight is 208 g/mol. The van der Waals surface area contributed by atoms with Gasteiger partial charge in [-0.3, -0.25) is 4.79 Å². The molecule has 0 bridgehead atoms. The van der Waals surface area contributed by atoms with Gasteiger partial charge in [-0.2, -0.15) is 0 Å². The molecule has 2 heterocycles. The maximum Gasteiger partial charge on any atom is 0.287 e. The van der Waals surface area contributed by atoms with Crippen molar-refractivity contribution in [3.8, 4) is 0 Å². The monoisotopic (exact) mass is 208 g/mol. The molecule has 1 aliphatic heterocycles. The number of aryl methyl sites for hydroxylation is 1. The lowest BCUT2D eigenvalue weighted by Crippen LogP contribution is -2.43. The third kappa shape index (κ3) is 2.36. The Morgan fingerprint density at radius 3 is 2.93 bits per heavy atom. The summed E-state index contributed by atoms with van der Waals surface area (Å²) in [6.45, 7) is 1.96. The standard InChI is InChI=1S/C10H16N4O/c1-14-7-6-12-9(14)10(15)13-8-2-4-11-5-3-8/h6-8,11H,2-5H2,1H3,(H,13,15). The fourth-order valence-corrected chi connectivity index (χ4v) is 1.80. The van der Waals surface area contributed by atoms with E-state index in [9.17, 15) is 4.79 Å². The van der Waals surface area contributed by atoms with Crippen LogP contribution < -0.4 is 10.6 Å². The number of hydrogen-bond donors (Lipinski definition) is 2. The van der Waals surface area contributed by atoms with E-state index in [-0.39, 0.29) is 11.9 Å². The first kappa shape index (κ1) is 10.2. The summed E-state index contributed by atoms with van der Waals surface area (Å²) in [5, 5.41) is 6.26. The van der Waals surface area contributed by atoms with E-state index in [2.05, 4.69) is 15.6 Å². The second-order valence-corrected chi connectivity index (χ2v) is 3.86. The lowest BCUT2D eigenvalue weighted by molar-refractivity contribution is 0.0916. The van der Waals surface area contributed by atoms with E-state index in [0.29, 0.717) is 5.82 Å². The topological polar surface area (TPSA) is 59.0 Å². The SMILES string of the molecule is Cn1ccnc1C(=O)NC1CCNCC1. The molecule has 0 aliphatic carbocycles. The van der Waals surface area contributed by atoms with E-state index in [1.165, 1.54) is 0 Å². The van der Waals surface area contributed by atoms with Crippen molar-refractivity contribution in [1.29, 1.82) is 0 Å². The van der Waals surface area contributed by atoms with Gasteiger partial charge in [0.15, 0.2) is 5.82 Å². The fourth-order valence-electron chi connectivity index (χ4n) is 1.80. The Balaban J connectivity index is 1.94. The number of carbonyl (C=O) groups is 1. The molecule has 0 aromatic carbocycles. The molecule has 1 fully saturated rings. The summed E-state index contributed by atoms with van der Waals surface area (Å²) in [6, 6.07) is 0.287. The predicted octanol–water partition coefficient (Wildman–Crippen LogP) is -0.0981. The number of hydrogen-bond acceptors (Lipinski definition) is 3. The Bertz CT molecular complexity index is 341. The van der Waals surface area contributed by atoms with Crippen molar-refractivity contribution >= 4 is 5.91 Å². The van der Waals surface area contributed by atoms with Gasteiger partial charge in [0, 0.05) is 25.5 Å². The van der Waals surface area contributed by atoms with Gasteiger partial charge in [0.25, 0.3) is 5.91 Å². The van der Waals surface area contributed by atoms with Crippen molar-refractivity contribution in [2.45, 2.75) is 18.9 Å². The first-order valence-electron chi connectivity index (χ1n) is 5.26. The minimum Gasteiger partial charge on any atom is -0.347 e. The Labute approximate surface area is 88.9 Å².